The van der Waals surface area contributed by atoms with Crippen molar-refractivity contribution >= 4 is 29.5 Å². The van der Waals surface area contributed by atoms with Crippen LogP contribution in [-0.4, -0.2) is 31.5 Å². The summed E-state index contributed by atoms with van der Waals surface area (Å²) in [6.45, 7) is 0.397. The number of anilines is 1. The molecule has 1 heterocycles. The van der Waals surface area contributed by atoms with Crippen LogP contribution in [0.4, 0.5) is 5.69 Å². The first-order valence-corrected chi connectivity index (χ1v) is 6.00. The number of ether oxygens (including phenoxy) is 2. The molecule has 0 bridgehead atoms. The Hall–Kier alpha value is -2.01. The lowest BCUT2D eigenvalue weighted by molar-refractivity contribution is -0.129. The molecule has 0 spiro atoms. The van der Waals surface area contributed by atoms with Crippen molar-refractivity contribution in [2.75, 3.05) is 18.5 Å². The van der Waals surface area contributed by atoms with E-state index in [1.165, 1.54) is 6.26 Å². The number of hydrogen-bond acceptors (Lipinski definition) is 5. The zero-order valence-electron chi connectivity index (χ0n) is 9.97. The average molecular weight is 282 g/mol. The van der Waals surface area contributed by atoms with Gasteiger partial charge in [-0.1, -0.05) is 17.7 Å². The topological polar surface area (TPSA) is 64.6 Å². The highest BCUT2D eigenvalue weighted by Gasteiger charge is 2.26. The van der Waals surface area contributed by atoms with Crippen LogP contribution in [0.15, 0.2) is 36.1 Å². The molecule has 1 aromatic rings. The highest BCUT2D eigenvalue weighted by atomic mass is 35.5. The largest absolute Gasteiger partial charge is 0.493 e. The lowest BCUT2D eigenvalue weighted by atomic mass is 10.1. The summed E-state index contributed by atoms with van der Waals surface area (Å²) in [4.78, 5) is 21.9. The predicted molar refractivity (Wildman–Crippen MR) is 69.9 cm³/mol. The SMILES string of the molecule is O=COCC(Nc1cccc(Cl)c1)C1=COCC1=O. The smallest absolute Gasteiger partial charge is 0.293 e. The number of benzene rings is 1. The number of halogens is 1. The van der Waals surface area contributed by atoms with Gasteiger partial charge in [0.2, 0.25) is 5.78 Å². The molecule has 1 N–H and O–H groups in total. The van der Waals surface area contributed by atoms with Gasteiger partial charge >= 0.3 is 0 Å². The van der Waals surface area contributed by atoms with Crippen molar-refractivity contribution in [3.05, 3.63) is 41.1 Å². The minimum absolute atomic E-state index is 0.0180. The van der Waals surface area contributed by atoms with Crippen LogP contribution in [0.5, 0.6) is 0 Å². The van der Waals surface area contributed by atoms with Gasteiger partial charge in [0.1, 0.15) is 6.61 Å². The Bertz CT molecular complexity index is 515. The van der Waals surface area contributed by atoms with Gasteiger partial charge in [-0.15, -0.1) is 0 Å². The number of hydrogen-bond donors (Lipinski definition) is 1. The molecule has 1 aliphatic rings. The van der Waals surface area contributed by atoms with E-state index < -0.39 is 6.04 Å². The van der Waals surface area contributed by atoms with E-state index in [4.69, 9.17) is 21.1 Å². The van der Waals surface area contributed by atoms with Gasteiger partial charge < -0.3 is 14.8 Å². The number of carbonyl (C=O) groups excluding carboxylic acids is 2. The van der Waals surface area contributed by atoms with Gasteiger partial charge in [0.25, 0.3) is 6.47 Å². The van der Waals surface area contributed by atoms with E-state index in [1.807, 2.05) is 0 Å². The van der Waals surface area contributed by atoms with Gasteiger partial charge in [0, 0.05) is 10.7 Å². The molecule has 2 rings (SSSR count). The van der Waals surface area contributed by atoms with E-state index in [1.54, 1.807) is 24.3 Å². The molecule has 0 radical (unpaired) electrons. The number of Topliss-reactive ketones (excluding diaryl/α,β-unsaturated/α-hetero) is 1. The Morgan fingerprint density at radius 2 is 2.37 bits per heavy atom. The van der Waals surface area contributed by atoms with Crippen LogP contribution in [0.25, 0.3) is 0 Å². The van der Waals surface area contributed by atoms with Crippen LogP contribution in [-0.2, 0) is 19.1 Å². The van der Waals surface area contributed by atoms with Gasteiger partial charge in [-0.05, 0) is 18.2 Å². The molecule has 6 heteroatoms. The highest BCUT2D eigenvalue weighted by Crippen LogP contribution is 2.20. The fourth-order valence-electron chi connectivity index (χ4n) is 1.76. The number of rotatable bonds is 6. The van der Waals surface area contributed by atoms with Crippen LogP contribution >= 0.6 is 11.6 Å². The van der Waals surface area contributed by atoms with Gasteiger partial charge in [0.15, 0.2) is 6.61 Å². The maximum atomic E-state index is 11.6. The third kappa shape index (κ3) is 3.48. The molecular formula is C13H12ClNO4. The monoisotopic (exact) mass is 281 g/mol. The first-order valence-electron chi connectivity index (χ1n) is 5.63. The summed E-state index contributed by atoms with van der Waals surface area (Å²) in [5.74, 6) is -0.131. The highest BCUT2D eigenvalue weighted by molar-refractivity contribution is 6.30. The first kappa shape index (κ1) is 13.4. The van der Waals surface area contributed by atoms with Crippen molar-refractivity contribution in [1.29, 1.82) is 0 Å². The standard InChI is InChI=1S/C13H12ClNO4/c14-9-2-1-3-10(4-9)15-12(6-19-8-16)11-5-18-7-13(11)17/h1-5,8,12,15H,6-7H2. The normalized spacial score (nSPS) is 15.4. The van der Waals surface area contributed by atoms with Gasteiger partial charge in [-0.25, -0.2) is 0 Å². The fraction of sp³-hybridized carbons (Fsp3) is 0.231. The Balaban J connectivity index is 2.13. The van der Waals surface area contributed by atoms with Crippen LogP contribution in [0, 0.1) is 0 Å². The molecule has 5 nitrogen and oxygen atoms in total. The summed E-state index contributed by atoms with van der Waals surface area (Å²) >= 11 is 5.89. The summed E-state index contributed by atoms with van der Waals surface area (Å²) < 4.78 is 9.70. The molecule has 0 aromatic heterocycles. The molecular weight excluding hydrogens is 270 g/mol. The molecule has 0 aliphatic carbocycles. The zero-order valence-corrected chi connectivity index (χ0v) is 10.7. The first-order chi connectivity index (χ1) is 9.20. The van der Waals surface area contributed by atoms with Gasteiger partial charge in [-0.3, -0.25) is 9.59 Å². The van der Waals surface area contributed by atoms with Crippen molar-refractivity contribution in [1.82, 2.24) is 0 Å². The van der Waals surface area contributed by atoms with Crippen molar-refractivity contribution < 1.29 is 19.1 Å². The van der Waals surface area contributed by atoms with Crippen molar-refractivity contribution in [3.8, 4) is 0 Å². The molecule has 0 saturated heterocycles. The third-order valence-corrected chi connectivity index (χ3v) is 2.85. The summed E-state index contributed by atoms with van der Waals surface area (Å²) in [6.07, 6.45) is 1.39. The summed E-state index contributed by atoms with van der Waals surface area (Å²) in [6, 6.07) is 6.59. The summed E-state index contributed by atoms with van der Waals surface area (Å²) in [5.41, 5.74) is 1.18. The molecule has 0 saturated carbocycles. The lowest BCUT2D eigenvalue weighted by Crippen LogP contribution is -2.30. The summed E-state index contributed by atoms with van der Waals surface area (Å²) in [5, 5.41) is 3.66. The van der Waals surface area contributed by atoms with E-state index in [0.717, 1.165) is 5.69 Å². The fourth-order valence-corrected chi connectivity index (χ4v) is 1.95. The molecule has 1 atom stereocenters. The molecule has 0 amide bonds. The molecule has 0 fully saturated rings. The van der Waals surface area contributed by atoms with E-state index in [2.05, 4.69) is 5.32 Å². The van der Waals surface area contributed by atoms with Crippen LogP contribution < -0.4 is 5.32 Å². The van der Waals surface area contributed by atoms with Crippen LogP contribution in [0.2, 0.25) is 5.02 Å². The molecule has 1 aromatic carbocycles. The maximum Gasteiger partial charge on any atom is 0.293 e. The minimum Gasteiger partial charge on any atom is -0.493 e. The van der Waals surface area contributed by atoms with Crippen LogP contribution in [0.3, 0.4) is 0 Å². The van der Waals surface area contributed by atoms with E-state index in [9.17, 15) is 9.59 Å². The predicted octanol–water partition coefficient (Wildman–Crippen LogP) is 1.78. The molecule has 1 aliphatic heterocycles. The van der Waals surface area contributed by atoms with Crippen molar-refractivity contribution in [2.24, 2.45) is 0 Å². The summed E-state index contributed by atoms with van der Waals surface area (Å²) in [7, 11) is 0. The van der Waals surface area contributed by atoms with Crippen LogP contribution in [0.1, 0.15) is 0 Å². The van der Waals surface area contributed by atoms with Crippen molar-refractivity contribution in [3.63, 3.8) is 0 Å². The molecule has 1 unspecified atom stereocenters. The second-order valence-corrected chi connectivity index (χ2v) is 4.38. The number of carbonyl (C=O) groups is 2. The number of ketones is 1. The van der Waals surface area contributed by atoms with Gasteiger partial charge in [0.05, 0.1) is 17.9 Å². The Morgan fingerprint density at radius 3 is 3.00 bits per heavy atom. The second kappa shape index (κ2) is 6.24. The molecule has 100 valence electrons. The third-order valence-electron chi connectivity index (χ3n) is 2.62. The van der Waals surface area contributed by atoms with Gasteiger partial charge in [-0.2, -0.15) is 0 Å². The lowest BCUT2D eigenvalue weighted by Gasteiger charge is -2.18. The Labute approximate surface area is 115 Å². The molecule has 19 heavy (non-hydrogen) atoms. The second-order valence-electron chi connectivity index (χ2n) is 3.94. The van der Waals surface area contributed by atoms with E-state index in [0.29, 0.717) is 17.1 Å². The van der Waals surface area contributed by atoms with E-state index >= 15 is 0 Å². The number of nitrogens with one attached hydrogen (secondary N) is 1. The Kier molecular flexibility index (Phi) is 4.41. The minimum atomic E-state index is -0.460. The zero-order chi connectivity index (χ0) is 13.7. The maximum absolute atomic E-state index is 11.6. The van der Waals surface area contributed by atoms with Crippen molar-refractivity contribution in [2.45, 2.75) is 6.04 Å². The Morgan fingerprint density at radius 1 is 1.53 bits per heavy atom. The van der Waals surface area contributed by atoms with E-state index in [-0.39, 0.29) is 19.0 Å². The quantitative estimate of drug-likeness (QED) is 0.805. The average Bonchev–Trinajstić information content (AvgIpc) is 2.81.